The molecule has 0 fully saturated rings. The van der Waals surface area contributed by atoms with Gasteiger partial charge in [0.1, 0.15) is 0 Å². The summed E-state index contributed by atoms with van der Waals surface area (Å²) in [6.07, 6.45) is 0. The molecule has 0 radical (unpaired) electrons. The summed E-state index contributed by atoms with van der Waals surface area (Å²) in [5.41, 5.74) is 14.8. The first-order valence-electron chi connectivity index (χ1n) is 19.9. The van der Waals surface area contributed by atoms with Crippen LogP contribution in [-0.4, -0.2) is 9.13 Å². The predicted octanol–water partition coefficient (Wildman–Crippen LogP) is 14.8. The lowest BCUT2D eigenvalue weighted by molar-refractivity contribution is 0.590. The number of rotatable bonds is 4. The van der Waals surface area contributed by atoms with Gasteiger partial charge in [-0.15, -0.1) is 0 Å². The van der Waals surface area contributed by atoms with E-state index in [9.17, 15) is 0 Å². The minimum Gasteiger partial charge on any atom is -0.354 e. The highest BCUT2D eigenvalue weighted by Crippen LogP contribution is 2.41. The molecule has 0 atom stereocenters. The molecule has 0 amide bonds. The molecular weight excluding hydrogens is 667 g/mol. The van der Waals surface area contributed by atoms with Gasteiger partial charge in [-0.1, -0.05) is 126 Å². The molecule has 0 spiro atoms. The Kier molecular flexibility index (Phi) is 8.42. The van der Waals surface area contributed by atoms with Gasteiger partial charge in [0.2, 0.25) is 0 Å². The van der Waals surface area contributed by atoms with Crippen molar-refractivity contribution in [1.82, 2.24) is 9.13 Å². The Labute approximate surface area is 328 Å². The van der Waals surface area contributed by atoms with Crippen molar-refractivity contribution < 1.29 is 0 Å². The first-order chi connectivity index (χ1) is 25.8. The lowest BCUT2D eigenvalue weighted by atomic mass is 9.85. The number of aromatic nitrogens is 2. The summed E-state index contributed by atoms with van der Waals surface area (Å²) in [5.74, 6) is 0. The van der Waals surface area contributed by atoms with Crippen LogP contribution >= 0.6 is 0 Å². The minimum atomic E-state index is 0.0505. The van der Waals surface area contributed by atoms with Crippen molar-refractivity contribution in [3.63, 3.8) is 0 Å². The molecule has 0 saturated heterocycles. The molecule has 8 aromatic rings. The zero-order valence-electron chi connectivity index (χ0n) is 34.9. The number of anilines is 2. The van der Waals surface area contributed by atoms with Gasteiger partial charge < -0.3 is 14.5 Å². The van der Waals surface area contributed by atoms with Gasteiger partial charge in [0.25, 0.3) is 0 Å². The molecule has 6 aromatic carbocycles. The molecule has 280 valence electrons. The fourth-order valence-corrected chi connectivity index (χ4v) is 8.10. The third kappa shape index (κ3) is 6.52. The number of hydrogen-bond acceptors (Lipinski definition) is 1. The van der Waals surface area contributed by atoms with Crippen molar-refractivity contribution in [1.29, 1.82) is 0 Å². The SMILES string of the molecule is CC(C)(C)c1ccc2c(c1)c1cc(C(C)(C)C)ccc1n2-c1cccc(Nc2ccccc2-n2c3ccc(C(C)(C)C)cc3c3cc(C(C)(C)C)ccc32)c1. The van der Waals surface area contributed by atoms with Crippen molar-refractivity contribution in [3.05, 3.63) is 144 Å². The molecule has 0 saturated carbocycles. The van der Waals surface area contributed by atoms with Crippen LogP contribution in [0.4, 0.5) is 11.4 Å². The molecule has 8 rings (SSSR count). The lowest BCUT2D eigenvalue weighted by Crippen LogP contribution is -2.10. The van der Waals surface area contributed by atoms with E-state index in [0.717, 1.165) is 22.7 Å². The molecule has 3 nitrogen and oxygen atoms in total. The Bertz CT molecular complexity index is 2620. The van der Waals surface area contributed by atoms with E-state index in [0.29, 0.717) is 0 Å². The van der Waals surface area contributed by atoms with Gasteiger partial charge in [0, 0.05) is 32.9 Å². The van der Waals surface area contributed by atoms with E-state index in [1.807, 2.05) is 0 Å². The van der Waals surface area contributed by atoms with Crippen LogP contribution in [0.25, 0.3) is 55.0 Å². The van der Waals surface area contributed by atoms with E-state index in [-0.39, 0.29) is 21.7 Å². The number of nitrogens with zero attached hydrogens (tertiary/aromatic N) is 2. The van der Waals surface area contributed by atoms with Crippen LogP contribution in [0.15, 0.2) is 121 Å². The average Bonchev–Trinajstić information content (AvgIpc) is 3.62. The molecule has 0 bridgehead atoms. The summed E-state index contributed by atoms with van der Waals surface area (Å²) in [7, 11) is 0. The first-order valence-corrected chi connectivity index (χ1v) is 19.9. The number of para-hydroxylation sites is 2. The van der Waals surface area contributed by atoms with Gasteiger partial charge >= 0.3 is 0 Å². The predicted molar refractivity (Wildman–Crippen MR) is 240 cm³/mol. The fraction of sp³-hybridized carbons (Fsp3) is 0.308. The number of benzene rings is 6. The molecule has 2 heterocycles. The second-order valence-corrected chi connectivity index (χ2v) is 19.8. The van der Waals surface area contributed by atoms with E-state index < -0.39 is 0 Å². The van der Waals surface area contributed by atoms with E-state index in [1.165, 1.54) is 65.9 Å². The van der Waals surface area contributed by atoms with Gasteiger partial charge in [-0.05, 0) is 123 Å². The van der Waals surface area contributed by atoms with Crippen LogP contribution < -0.4 is 5.32 Å². The fourth-order valence-electron chi connectivity index (χ4n) is 8.10. The molecular formula is C52H57N3. The van der Waals surface area contributed by atoms with Crippen molar-refractivity contribution in [2.45, 2.75) is 105 Å². The van der Waals surface area contributed by atoms with Crippen LogP contribution in [0.5, 0.6) is 0 Å². The van der Waals surface area contributed by atoms with Crippen molar-refractivity contribution in [3.8, 4) is 11.4 Å². The molecule has 3 heteroatoms. The quantitative estimate of drug-likeness (QED) is 0.192. The summed E-state index contributed by atoms with van der Waals surface area (Å²) >= 11 is 0. The molecule has 2 aromatic heterocycles. The minimum absolute atomic E-state index is 0.0505. The van der Waals surface area contributed by atoms with Crippen LogP contribution in [0.3, 0.4) is 0 Å². The van der Waals surface area contributed by atoms with Crippen LogP contribution in [0.2, 0.25) is 0 Å². The van der Waals surface area contributed by atoms with Crippen LogP contribution in [0, 0.1) is 0 Å². The highest BCUT2D eigenvalue weighted by molar-refractivity contribution is 6.11. The number of hydrogen-bond donors (Lipinski definition) is 1. The lowest BCUT2D eigenvalue weighted by Gasteiger charge is -2.20. The topological polar surface area (TPSA) is 21.9 Å². The maximum absolute atomic E-state index is 3.88. The van der Waals surface area contributed by atoms with Crippen LogP contribution in [-0.2, 0) is 21.7 Å². The zero-order valence-corrected chi connectivity index (χ0v) is 34.9. The molecule has 1 N–H and O–H groups in total. The zero-order chi connectivity index (χ0) is 39.2. The standard InChI is InChI=1S/C52H57N3/c1-49(2,3)33-20-24-44-39(28-33)40-29-34(50(4,5)6)21-25-45(40)54(44)38-17-15-16-37(32-38)53-43-18-13-14-19-48(43)55-46-26-22-35(51(7,8)9)30-41(46)42-31-36(52(10,11)12)23-27-47(42)55/h13-32,53H,1-12H3. The maximum atomic E-state index is 3.88. The van der Waals surface area contributed by atoms with Crippen molar-refractivity contribution in [2.75, 3.05) is 5.32 Å². The maximum Gasteiger partial charge on any atom is 0.0697 e. The smallest absolute Gasteiger partial charge is 0.0697 e. The Morgan fingerprint density at radius 2 is 0.745 bits per heavy atom. The van der Waals surface area contributed by atoms with Crippen molar-refractivity contribution >= 4 is 55.0 Å². The second-order valence-electron chi connectivity index (χ2n) is 19.8. The Balaban J connectivity index is 1.28. The molecule has 55 heavy (non-hydrogen) atoms. The van der Waals surface area contributed by atoms with Crippen LogP contribution in [0.1, 0.15) is 105 Å². The Morgan fingerprint density at radius 1 is 0.364 bits per heavy atom. The summed E-state index contributed by atoms with van der Waals surface area (Å²) < 4.78 is 4.88. The summed E-state index contributed by atoms with van der Waals surface area (Å²) in [6, 6.07) is 45.8. The van der Waals surface area contributed by atoms with Gasteiger partial charge in [-0.2, -0.15) is 0 Å². The number of fused-ring (bicyclic) bond motifs is 6. The summed E-state index contributed by atoms with van der Waals surface area (Å²) in [6.45, 7) is 27.6. The average molecular weight is 724 g/mol. The normalized spacial score (nSPS) is 13.1. The monoisotopic (exact) mass is 723 g/mol. The van der Waals surface area contributed by atoms with Gasteiger partial charge in [-0.3, -0.25) is 0 Å². The number of nitrogens with one attached hydrogen (secondary N) is 1. The molecule has 0 aliphatic rings. The molecule has 0 aliphatic heterocycles. The van der Waals surface area contributed by atoms with Gasteiger partial charge in [0.05, 0.1) is 33.4 Å². The third-order valence-corrected chi connectivity index (χ3v) is 11.5. The summed E-state index contributed by atoms with van der Waals surface area (Å²) in [4.78, 5) is 0. The first kappa shape index (κ1) is 36.7. The van der Waals surface area contributed by atoms with E-state index in [2.05, 4.69) is 219 Å². The summed E-state index contributed by atoms with van der Waals surface area (Å²) in [5, 5.41) is 9.07. The third-order valence-electron chi connectivity index (χ3n) is 11.5. The highest BCUT2D eigenvalue weighted by Gasteiger charge is 2.23. The van der Waals surface area contributed by atoms with E-state index in [4.69, 9.17) is 0 Å². The van der Waals surface area contributed by atoms with Crippen molar-refractivity contribution in [2.24, 2.45) is 0 Å². The molecule has 0 aliphatic carbocycles. The molecule has 0 unspecified atom stereocenters. The van der Waals surface area contributed by atoms with Gasteiger partial charge in [-0.25, -0.2) is 0 Å². The van der Waals surface area contributed by atoms with E-state index in [1.54, 1.807) is 0 Å². The Morgan fingerprint density at radius 3 is 1.15 bits per heavy atom. The van der Waals surface area contributed by atoms with Gasteiger partial charge in [0.15, 0.2) is 0 Å². The highest BCUT2D eigenvalue weighted by atomic mass is 15.0. The largest absolute Gasteiger partial charge is 0.354 e. The second kappa shape index (κ2) is 12.6. The Hall–Kier alpha value is -5.28. The van der Waals surface area contributed by atoms with E-state index >= 15 is 0 Å².